The average molecular weight is 522 g/mol. The molecule has 0 N–H and O–H groups in total. The van der Waals surface area contributed by atoms with Crippen molar-refractivity contribution >= 4 is 17.1 Å². The summed E-state index contributed by atoms with van der Waals surface area (Å²) in [5.74, 6) is 0. The Hall–Kier alpha value is -4.10. The highest BCUT2D eigenvalue weighted by molar-refractivity contribution is 5.88. The molecule has 0 aromatic heterocycles. The van der Waals surface area contributed by atoms with E-state index in [0.29, 0.717) is 0 Å². The van der Waals surface area contributed by atoms with Crippen LogP contribution in [0.15, 0.2) is 109 Å². The van der Waals surface area contributed by atoms with Crippen LogP contribution in [-0.2, 0) is 10.8 Å². The number of nitrogens with zero attached hydrogens (tertiary/aromatic N) is 1. The molecular weight excluding hydrogens is 482 g/mol. The molecule has 1 nitrogen and oxygen atoms in total. The lowest BCUT2D eigenvalue weighted by atomic mass is 9.82. The predicted octanol–water partition coefficient (Wildman–Crippen LogP) is 11.1. The van der Waals surface area contributed by atoms with E-state index in [-0.39, 0.29) is 10.8 Å². The van der Waals surface area contributed by atoms with Gasteiger partial charge in [-0.15, -0.1) is 0 Å². The van der Waals surface area contributed by atoms with Crippen molar-refractivity contribution in [3.63, 3.8) is 0 Å². The lowest BCUT2D eigenvalue weighted by molar-refractivity contribution is 0.660. The van der Waals surface area contributed by atoms with Gasteiger partial charge in [-0.2, -0.15) is 0 Å². The second-order valence-electron chi connectivity index (χ2n) is 12.0. The molecule has 1 heteroatoms. The summed E-state index contributed by atoms with van der Waals surface area (Å²) in [5.41, 5.74) is 15.8. The van der Waals surface area contributed by atoms with E-state index < -0.39 is 0 Å². The van der Waals surface area contributed by atoms with E-state index in [9.17, 15) is 0 Å². The lowest BCUT2D eigenvalue weighted by Crippen LogP contribution is -2.18. The van der Waals surface area contributed by atoms with Gasteiger partial charge in [0.1, 0.15) is 0 Å². The van der Waals surface area contributed by atoms with Gasteiger partial charge < -0.3 is 4.90 Å². The molecule has 0 radical (unpaired) electrons. The normalized spacial score (nSPS) is 14.8. The minimum Gasteiger partial charge on any atom is -0.310 e. The van der Waals surface area contributed by atoms with Gasteiger partial charge in [-0.1, -0.05) is 120 Å². The van der Waals surface area contributed by atoms with Crippen LogP contribution < -0.4 is 4.90 Å². The number of hydrogen-bond acceptors (Lipinski definition) is 1. The van der Waals surface area contributed by atoms with Crippen LogP contribution in [0.5, 0.6) is 0 Å². The third-order valence-electron chi connectivity index (χ3n) is 8.94. The van der Waals surface area contributed by atoms with Gasteiger partial charge in [0.2, 0.25) is 0 Å². The lowest BCUT2D eigenvalue weighted by Gasteiger charge is -2.29. The summed E-state index contributed by atoms with van der Waals surface area (Å²) in [7, 11) is 0. The summed E-state index contributed by atoms with van der Waals surface area (Å²) >= 11 is 0. The standard InChI is InChI=1S/C37H33N.C2H6/c1-24-14-16-25(17-15-24)38(26-18-20-30-28-10-6-8-12-32(28)36(2,3)34(30)22-26)27-19-21-31-29-11-7-9-13-33(29)37(4,5)35(31)23-27;1-2/h6-23H,1-5H3;1-2H3. The zero-order valence-electron chi connectivity index (χ0n) is 24.8. The molecule has 2 aliphatic rings. The van der Waals surface area contributed by atoms with Gasteiger partial charge in [0, 0.05) is 27.9 Å². The van der Waals surface area contributed by atoms with Crippen molar-refractivity contribution in [1.82, 2.24) is 0 Å². The summed E-state index contributed by atoms with van der Waals surface area (Å²) in [6.07, 6.45) is 0. The van der Waals surface area contributed by atoms with Gasteiger partial charge in [0.15, 0.2) is 0 Å². The topological polar surface area (TPSA) is 3.24 Å². The Bertz CT molecular complexity index is 1610. The molecule has 0 saturated carbocycles. The summed E-state index contributed by atoms with van der Waals surface area (Å²) in [6, 6.07) is 40.7. The summed E-state index contributed by atoms with van der Waals surface area (Å²) in [6.45, 7) is 15.6. The van der Waals surface area contributed by atoms with E-state index in [2.05, 4.69) is 149 Å². The zero-order chi connectivity index (χ0) is 28.2. The minimum absolute atomic E-state index is 0.0392. The number of benzene rings is 5. The van der Waals surface area contributed by atoms with Crippen molar-refractivity contribution in [3.8, 4) is 22.3 Å². The molecule has 0 bridgehead atoms. The van der Waals surface area contributed by atoms with Crippen LogP contribution >= 0.6 is 0 Å². The van der Waals surface area contributed by atoms with Crippen LogP contribution in [0.25, 0.3) is 22.3 Å². The highest BCUT2D eigenvalue weighted by atomic mass is 15.1. The summed E-state index contributed by atoms with van der Waals surface area (Å²) in [4.78, 5) is 2.43. The molecular formula is C39H39N. The molecule has 200 valence electrons. The first-order valence-electron chi connectivity index (χ1n) is 14.6. The van der Waals surface area contributed by atoms with Crippen molar-refractivity contribution in [2.45, 2.75) is 59.3 Å². The minimum atomic E-state index is -0.0392. The predicted molar refractivity (Wildman–Crippen MR) is 172 cm³/mol. The van der Waals surface area contributed by atoms with Crippen molar-refractivity contribution in [3.05, 3.63) is 137 Å². The van der Waals surface area contributed by atoms with Crippen LogP contribution in [0.1, 0.15) is 69.4 Å². The molecule has 5 aromatic rings. The molecule has 0 saturated heterocycles. The molecule has 0 atom stereocenters. The van der Waals surface area contributed by atoms with Gasteiger partial charge in [-0.3, -0.25) is 0 Å². The third kappa shape index (κ3) is 3.83. The largest absolute Gasteiger partial charge is 0.310 e. The molecule has 40 heavy (non-hydrogen) atoms. The first-order valence-corrected chi connectivity index (χ1v) is 14.6. The van der Waals surface area contributed by atoms with Gasteiger partial charge >= 0.3 is 0 Å². The second kappa shape index (κ2) is 9.52. The van der Waals surface area contributed by atoms with E-state index in [4.69, 9.17) is 0 Å². The molecule has 0 heterocycles. The van der Waals surface area contributed by atoms with Crippen molar-refractivity contribution in [2.24, 2.45) is 0 Å². The number of fused-ring (bicyclic) bond motifs is 6. The number of hydrogen-bond donors (Lipinski definition) is 0. The fourth-order valence-electron chi connectivity index (χ4n) is 6.80. The van der Waals surface area contributed by atoms with E-state index >= 15 is 0 Å². The maximum Gasteiger partial charge on any atom is 0.0465 e. The van der Waals surface area contributed by atoms with Crippen LogP contribution in [0.2, 0.25) is 0 Å². The summed E-state index contributed by atoms with van der Waals surface area (Å²) in [5, 5.41) is 0. The van der Waals surface area contributed by atoms with E-state index in [1.165, 1.54) is 67.1 Å². The maximum absolute atomic E-state index is 2.43. The van der Waals surface area contributed by atoms with E-state index in [1.807, 2.05) is 13.8 Å². The second-order valence-corrected chi connectivity index (χ2v) is 12.0. The van der Waals surface area contributed by atoms with Crippen LogP contribution in [-0.4, -0.2) is 0 Å². The van der Waals surface area contributed by atoms with Gasteiger partial charge in [0.25, 0.3) is 0 Å². The molecule has 0 fully saturated rings. The Kier molecular flexibility index (Phi) is 6.22. The Morgan fingerprint density at radius 2 is 0.800 bits per heavy atom. The third-order valence-corrected chi connectivity index (χ3v) is 8.94. The Morgan fingerprint density at radius 1 is 0.425 bits per heavy atom. The number of anilines is 3. The van der Waals surface area contributed by atoms with Crippen LogP contribution in [0.3, 0.4) is 0 Å². The Morgan fingerprint density at radius 3 is 1.25 bits per heavy atom. The van der Waals surface area contributed by atoms with Crippen molar-refractivity contribution < 1.29 is 0 Å². The fourth-order valence-corrected chi connectivity index (χ4v) is 6.80. The van der Waals surface area contributed by atoms with Gasteiger partial charge in [-0.25, -0.2) is 0 Å². The highest BCUT2D eigenvalue weighted by Gasteiger charge is 2.37. The number of rotatable bonds is 3. The molecule has 0 unspecified atom stereocenters. The molecule has 2 aliphatic carbocycles. The average Bonchev–Trinajstić information content (AvgIpc) is 3.35. The van der Waals surface area contributed by atoms with Crippen molar-refractivity contribution in [1.29, 1.82) is 0 Å². The first kappa shape index (κ1) is 26.1. The fraction of sp³-hybridized carbons (Fsp3) is 0.231. The molecule has 0 aliphatic heterocycles. The molecule has 0 amide bonds. The van der Waals surface area contributed by atoms with Crippen molar-refractivity contribution in [2.75, 3.05) is 4.90 Å². The Balaban J connectivity index is 0.00000142. The number of aryl methyl sites for hydroxylation is 1. The quantitative estimate of drug-likeness (QED) is 0.228. The van der Waals surface area contributed by atoms with Gasteiger partial charge in [-0.05, 0) is 87.8 Å². The first-order chi connectivity index (χ1) is 19.3. The van der Waals surface area contributed by atoms with Crippen LogP contribution in [0, 0.1) is 6.92 Å². The van der Waals surface area contributed by atoms with E-state index in [1.54, 1.807) is 0 Å². The van der Waals surface area contributed by atoms with Gasteiger partial charge in [0.05, 0.1) is 0 Å². The van der Waals surface area contributed by atoms with E-state index in [0.717, 1.165) is 0 Å². The molecule has 0 spiro atoms. The van der Waals surface area contributed by atoms with Crippen LogP contribution in [0.4, 0.5) is 17.1 Å². The molecule has 5 aromatic carbocycles. The SMILES string of the molecule is CC.Cc1ccc(N(c2ccc3c(c2)C(C)(C)c2ccccc2-3)c2ccc3c(c2)C(C)(C)c2ccccc2-3)cc1. The summed E-state index contributed by atoms with van der Waals surface area (Å²) < 4.78 is 0. The maximum atomic E-state index is 2.43. The zero-order valence-corrected chi connectivity index (χ0v) is 24.8. The smallest absolute Gasteiger partial charge is 0.0465 e. The monoisotopic (exact) mass is 521 g/mol. The Labute approximate surface area is 240 Å². The highest BCUT2D eigenvalue weighted by Crippen LogP contribution is 2.52. The molecule has 7 rings (SSSR count).